The fraction of sp³-hybridized carbons (Fsp3) is 0.240. The van der Waals surface area contributed by atoms with Crippen LogP contribution in [-0.4, -0.2) is 29.9 Å². The Labute approximate surface area is 185 Å². The molecule has 6 heteroatoms. The van der Waals surface area contributed by atoms with Crippen molar-refractivity contribution in [2.45, 2.75) is 25.4 Å². The van der Waals surface area contributed by atoms with Gasteiger partial charge < -0.3 is 4.90 Å². The molecule has 4 rings (SSSR count). The highest BCUT2D eigenvalue weighted by atomic mass is 35.5. The van der Waals surface area contributed by atoms with Gasteiger partial charge in [0.15, 0.2) is 0 Å². The SMILES string of the molecule is O=C(c1ccc(F)cc1)N(c1ccc(F)cc1)C1CCN(Cc2ccccc2Cl)CC1. The Morgan fingerprint density at radius 2 is 1.48 bits per heavy atom. The Morgan fingerprint density at radius 1 is 0.903 bits per heavy atom. The highest BCUT2D eigenvalue weighted by Gasteiger charge is 2.30. The average molecular weight is 441 g/mol. The monoisotopic (exact) mass is 440 g/mol. The predicted molar refractivity (Wildman–Crippen MR) is 119 cm³/mol. The zero-order valence-corrected chi connectivity index (χ0v) is 17.7. The number of carbonyl (C=O) groups excluding carboxylic acids is 1. The molecule has 0 atom stereocenters. The highest BCUT2D eigenvalue weighted by molar-refractivity contribution is 6.31. The smallest absolute Gasteiger partial charge is 0.258 e. The first-order valence-corrected chi connectivity index (χ1v) is 10.7. The number of piperidine rings is 1. The summed E-state index contributed by atoms with van der Waals surface area (Å²) in [5.41, 5.74) is 2.13. The number of likely N-dealkylation sites (tertiary alicyclic amines) is 1. The molecule has 0 N–H and O–H groups in total. The minimum atomic E-state index is -0.391. The van der Waals surface area contributed by atoms with Crippen LogP contribution in [0.15, 0.2) is 72.8 Å². The lowest BCUT2D eigenvalue weighted by Gasteiger charge is -2.38. The fourth-order valence-electron chi connectivity index (χ4n) is 4.03. The van der Waals surface area contributed by atoms with Gasteiger partial charge in [0, 0.05) is 41.9 Å². The van der Waals surface area contributed by atoms with Crippen molar-refractivity contribution in [3.05, 3.63) is 101 Å². The maximum Gasteiger partial charge on any atom is 0.258 e. The Kier molecular flexibility index (Phi) is 6.64. The molecule has 0 bridgehead atoms. The Morgan fingerprint density at radius 3 is 2.10 bits per heavy atom. The number of hydrogen-bond donors (Lipinski definition) is 0. The van der Waals surface area contributed by atoms with Crippen molar-refractivity contribution in [2.75, 3.05) is 18.0 Å². The van der Waals surface area contributed by atoms with Gasteiger partial charge in [-0.05, 0) is 73.0 Å². The third-order valence-corrected chi connectivity index (χ3v) is 6.06. The van der Waals surface area contributed by atoms with Crippen molar-refractivity contribution >= 4 is 23.2 Å². The number of anilines is 1. The summed E-state index contributed by atoms with van der Waals surface area (Å²) in [6, 6.07) is 19.3. The lowest BCUT2D eigenvalue weighted by atomic mass is 10.00. The molecular weight excluding hydrogens is 418 g/mol. The van der Waals surface area contributed by atoms with Crippen LogP contribution in [0.5, 0.6) is 0 Å². The topological polar surface area (TPSA) is 23.6 Å². The molecule has 0 radical (unpaired) electrons. The van der Waals surface area contributed by atoms with Gasteiger partial charge in [0.05, 0.1) is 0 Å². The van der Waals surface area contributed by atoms with Gasteiger partial charge in [-0.2, -0.15) is 0 Å². The maximum atomic E-state index is 13.5. The molecule has 3 aromatic carbocycles. The summed E-state index contributed by atoms with van der Waals surface area (Å²) in [6.07, 6.45) is 1.55. The third-order valence-electron chi connectivity index (χ3n) is 5.69. The van der Waals surface area contributed by atoms with Gasteiger partial charge in [0.25, 0.3) is 5.91 Å². The predicted octanol–water partition coefficient (Wildman–Crippen LogP) is 5.93. The summed E-state index contributed by atoms with van der Waals surface area (Å²) in [5.74, 6) is -0.957. The average Bonchev–Trinajstić information content (AvgIpc) is 2.78. The van der Waals surface area contributed by atoms with Crippen LogP contribution >= 0.6 is 11.6 Å². The lowest BCUT2D eigenvalue weighted by Crippen LogP contribution is -2.47. The second-order valence-corrected chi connectivity index (χ2v) is 8.16. The third kappa shape index (κ3) is 5.12. The summed E-state index contributed by atoms with van der Waals surface area (Å²) in [4.78, 5) is 17.4. The molecular formula is C25H23ClF2N2O. The molecule has 0 saturated carbocycles. The molecule has 0 unspecified atom stereocenters. The van der Waals surface area contributed by atoms with E-state index in [9.17, 15) is 13.6 Å². The molecule has 1 saturated heterocycles. The first-order chi connectivity index (χ1) is 15.0. The number of hydrogen-bond acceptors (Lipinski definition) is 2. The minimum absolute atomic E-state index is 0.0366. The number of rotatable bonds is 5. The van der Waals surface area contributed by atoms with Crippen molar-refractivity contribution in [3.63, 3.8) is 0 Å². The highest BCUT2D eigenvalue weighted by Crippen LogP contribution is 2.28. The summed E-state index contributed by atoms with van der Waals surface area (Å²) in [7, 11) is 0. The molecule has 0 spiro atoms. The number of halogens is 3. The summed E-state index contributed by atoms with van der Waals surface area (Å²) in [6.45, 7) is 2.38. The number of amides is 1. The Hall–Kier alpha value is -2.76. The van der Waals surface area contributed by atoms with Gasteiger partial charge in [-0.15, -0.1) is 0 Å². The first-order valence-electron chi connectivity index (χ1n) is 10.3. The van der Waals surface area contributed by atoms with E-state index in [0.29, 0.717) is 11.3 Å². The zero-order valence-electron chi connectivity index (χ0n) is 17.0. The van der Waals surface area contributed by atoms with Gasteiger partial charge >= 0.3 is 0 Å². The van der Waals surface area contributed by atoms with E-state index in [-0.39, 0.29) is 17.8 Å². The van der Waals surface area contributed by atoms with Crippen LogP contribution < -0.4 is 4.90 Å². The molecule has 1 heterocycles. The Bertz CT molecular complexity index is 1030. The molecule has 1 fully saturated rings. The van der Waals surface area contributed by atoms with E-state index in [1.54, 1.807) is 17.0 Å². The van der Waals surface area contributed by atoms with Gasteiger partial charge in [-0.25, -0.2) is 8.78 Å². The number of nitrogens with zero attached hydrogens (tertiary/aromatic N) is 2. The fourth-order valence-corrected chi connectivity index (χ4v) is 4.23. The largest absolute Gasteiger partial charge is 0.305 e. The van der Waals surface area contributed by atoms with Crippen molar-refractivity contribution in [3.8, 4) is 0 Å². The number of carbonyl (C=O) groups is 1. The maximum absolute atomic E-state index is 13.5. The standard InChI is InChI=1S/C25H23ClF2N2O/c26-24-4-2-1-3-19(24)17-29-15-13-23(14-16-29)30(22-11-9-21(28)10-12-22)25(31)18-5-7-20(27)8-6-18/h1-12,23H,13-17H2. The molecule has 1 aliphatic heterocycles. The summed E-state index contributed by atoms with van der Waals surface area (Å²) >= 11 is 6.30. The van der Waals surface area contributed by atoms with Crippen LogP contribution in [0.2, 0.25) is 5.02 Å². The van der Waals surface area contributed by atoms with Crippen molar-refractivity contribution in [2.24, 2.45) is 0 Å². The zero-order chi connectivity index (χ0) is 21.8. The van der Waals surface area contributed by atoms with Crippen LogP contribution in [0, 0.1) is 11.6 Å². The number of benzene rings is 3. The molecule has 31 heavy (non-hydrogen) atoms. The van der Waals surface area contributed by atoms with Crippen LogP contribution in [-0.2, 0) is 6.54 Å². The molecule has 160 valence electrons. The summed E-state index contributed by atoms with van der Waals surface area (Å²) in [5, 5.41) is 0.754. The molecule has 0 aromatic heterocycles. The molecule has 1 aliphatic rings. The van der Waals surface area contributed by atoms with Crippen LogP contribution in [0.1, 0.15) is 28.8 Å². The Balaban J connectivity index is 1.52. The van der Waals surface area contributed by atoms with E-state index in [4.69, 9.17) is 11.6 Å². The molecule has 3 nitrogen and oxygen atoms in total. The van der Waals surface area contributed by atoms with Crippen LogP contribution in [0.25, 0.3) is 0 Å². The van der Waals surface area contributed by atoms with Crippen molar-refractivity contribution in [1.82, 2.24) is 4.90 Å². The van der Waals surface area contributed by atoms with Gasteiger partial charge in [-0.3, -0.25) is 9.69 Å². The molecule has 1 amide bonds. The van der Waals surface area contributed by atoms with E-state index < -0.39 is 5.82 Å². The van der Waals surface area contributed by atoms with E-state index in [1.165, 1.54) is 36.4 Å². The second-order valence-electron chi connectivity index (χ2n) is 7.76. The minimum Gasteiger partial charge on any atom is -0.305 e. The second kappa shape index (κ2) is 9.58. The first kappa shape index (κ1) is 21.5. The summed E-state index contributed by atoms with van der Waals surface area (Å²) < 4.78 is 26.8. The van der Waals surface area contributed by atoms with E-state index >= 15 is 0 Å². The van der Waals surface area contributed by atoms with E-state index in [1.807, 2.05) is 24.3 Å². The van der Waals surface area contributed by atoms with E-state index in [0.717, 1.165) is 43.1 Å². The quantitative estimate of drug-likeness (QED) is 0.491. The lowest BCUT2D eigenvalue weighted by molar-refractivity contribution is 0.0958. The van der Waals surface area contributed by atoms with Crippen molar-refractivity contribution < 1.29 is 13.6 Å². The van der Waals surface area contributed by atoms with Gasteiger partial charge in [0.1, 0.15) is 11.6 Å². The molecule has 3 aromatic rings. The van der Waals surface area contributed by atoms with Gasteiger partial charge in [0.2, 0.25) is 0 Å². The van der Waals surface area contributed by atoms with Gasteiger partial charge in [-0.1, -0.05) is 29.8 Å². The normalized spacial score (nSPS) is 15.1. The molecule has 0 aliphatic carbocycles. The van der Waals surface area contributed by atoms with Crippen LogP contribution in [0.4, 0.5) is 14.5 Å². The van der Waals surface area contributed by atoms with Crippen LogP contribution in [0.3, 0.4) is 0 Å². The van der Waals surface area contributed by atoms with E-state index in [2.05, 4.69) is 4.90 Å². The van der Waals surface area contributed by atoms with Crippen molar-refractivity contribution in [1.29, 1.82) is 0 Å².